The lowest BCUT2D eigenvalue weighted by Crippen LogP contribution is -2.28. The van der Waals surface area contributed by atoms with Crippen LogP contribution in [0.5, 0.6) is 0 Å². The molecule has 0 saturated heterocycles. The van der Waals surface area contributed by atoms with Crippen LogP contribution in [0.4, 0.5) is 11.8 Å². The summed E-state index contributed by atoms with van der Waals surface area (Å²) in [6, 6.07) is 0. The van der Waals surface area contributed by atoms with Gasteiger partial charge in [0.25, 0.3) is 0 Å². The van der Waals surface area contributed by atoms with Crippen LogP contribution < -0.4 is 15.5 Å². The van der Waals surface area contributed by atoms with Crippen LogP contribution in [0.2, 0.25) is 0 Å². The summed E-state index contributed by atoms with van der Waals surface area (Å²) >= 11 is 0. The fourth-order valence-corrected chi connectivity index (χ4v) is 2.10. The van der Waals surface area contributed by atoms with Crippen molar-refractivity contribution in [1.82, 2.24) is 15.3 Å². The first-order valence-electron chi connectivity index (χ1n) is 6.73. The van der Waals surface area contributed by atoms with E-state index in [1.54, 1.807) is 7.11 Å². The van der Waals surface area contributed by atoms with E-state index in [9.17, 15) is 0 Å². The van der Waals surface area contributed by atoms with Gasteiger partial charge in [-0.05, 0) is 6.42 Å². The minimum atomic E-state index is 0.763. The van der Waals surface area contributed by atoms with Crippen LogP contribution >= 0.6 is 0 Å². The molecule has 1 aromatic heterocycles. The first-order valence-corrected chi connectivity index (χ1v) is 6.73. The van der Waals surface area contributed by atoms with Gasteiger partial charge in [-0.3, -0.25) is 0 Å². The summed E-state index contributed by atoms with van der Waals surface area (Å²) in [6.07, 6.45) is 1.94. The summed E-state index contributed by atoms with van der Waals surface area (Å²) in [5.41, 5.74) is 2.36. The molecule has 1 aliphatic rings. The van der Waals surface area contributed by atoms with Gasteiger partial charge in [-0.25, -0.2) is 4.98 Å². The Hall–Kier alpha value is -1.40. The van der Waals surface area contributed by atoms with Crippen molar-refractivity contribution in [3.63, 3.8) is 0 Å². The van der Waals surface area contributed by atoms with Gasteiger partial charge in [-0.2, -0.15) is 4.98 Å². The van der Waals surface area contributed by atoms with Crippen molar-refractivity contribution >= 4 is 11.8 Å². The van der Waals surface area contributed by atoms with Crippen molar-refractivity contribution in [2.45, 2.75) is 19.4 Å². The maximum atomic E-state index is 5.06. The molecule has 0 bridgehead atoms. The molecule has 2 N–H and O–H groups in total. The van der Waals surface area contributed by atoms with E-state index in [-0.39, 0.29) is 0 Å². The molecule has 0 aromatic carbocycles. The highest BCUT2D eigenvalue weighted by molar-refractivity contribution is 5.51. The number of hydrogen-bond acceptors (Lipinski definition) is 6. The van der Waals surface area contributed by atoms with Crippen molar-refractivity contribution in [2.24, 2.45) is 0 Å². The number of ether oxygens (including phenoxy) is 1. The van der Waals surface area contributed by atoms with Gasteiger partial charge >= 0.3 is 0 Å². The second-order valence-corrected chi connectivity index (χ2v) is 4.89. The summed E-state index contributed by atoms with van der Waals surface area (Å²) in [7, 11) is 5.66. The first kappa shape index (κ1) is 14.0. The Bertz CT molecular complexity index is 422. The Morgan fingerprint density at radius 2 is 2.21 bits per heavy atom. The van der Waals surface area contributed by atoms with Crippen LogP contribution in [0.25, 0.3) is 0 Å². The number of nitrogens with zero attached hydrogens (tertiary/aromatic N) is 3. The minimum Gasteiger partial charge on any atom is -0.385 e. The Morgan fingerprint density at radius 3 is 2.95 bits per heavy atom. The van der Waals surface area contributed by atoms with Crippen LogP contribution in [0.15, 0.2) is 0 Å². The Kier molecular flexibility index (Phi) is 4.93. The average Bonchev–Trinajstić information content (AvgIpc) is 2.43. The fourth-order valence-electron chi connectivity index (χ4n) is 2.10. The topological polar surface area (TPSA) is 62.3 Å². The molecular formula is C13H23N5O. The highest BCUT2D eigenvalue weighted by atomic mass is 16.5. The largest absolute Gasteiger partial charge is 0.385 e. The third kappa shape index (κ3) is 3.54. The zero-order valence-corrected chi connectivity index (χ0v) is 12.0. The quantitative estimate of drug-likeness (QED) is 0.736. The minimum absolute atomic E-state index is 0.763. The molecule has 0 spiro atoms. The normalized spacial score (nSPS) is 14.1. The standard InChI is InChI=1S/C13H23N5O/c1-18(2)13-16-11-5-7-14-9-10(11)12(17-13)15-6-4-8-19-3/h14H,4-9H2,1-3H3,(H,15,16,17). The molecular weight excluding hydrogens is 242 g/mol. The van der Waals surface area contributed by atoms with E-state index < -0.39 is 0 Å². The van der Waals surface area contributed by atoms with Crippen LogP contribution in [0.1, 0.15) is 17.7 Å². The molecule has 1 aliphatic heterocycles. The van der Waals surface area contributed by atoms with E-state index in [4.69, 9.17) is 4.74 Å². The Balaban J connectivity index is 2.16. The summed E-state index contributed by atoms with van der Waals surface area (Å²) in [5, 5.41) is 6.78. The van der Waals surface area contributed by atoms with Gasteiger partial charge in [-0.15, -0.1) is 0 Å². The third-order valence-electron chi connectivity index (χ3n) is 3.14. The van der Waals surface area contributed by atoms with Crippen LogP contribution in [-0.2, 0) is 17.7 Å². The molecule has 0 unspecified atom stereocenters. The molecule has 0 fully saturated rings. The fraction of sp³-hybridized carbons (Fsp3) is 0.692. The van der Waals surface area contributed by atoms with Crippen LogP contribution in [-0.4, -0.2) is 50.9 Å². The van der Waals surface area contributed by atoms with E-state index in [1.165, 1.54) is 5.56 Å². The lowest BCUT2D eigenvalue weighted by Gasteiger charge is -2.22. The molecule has 19 heavy (non-hydrogen) atoms. The Morgan fingerprint density at radius 1 is 1.37 bits per heavy atom. The maximum Gasteiger partial charge on any atom is 0.227 e. The molecule has 6 heteroatoms. The summed E-state index contributed by atoms with van der Waals surface area (Å²) in [4.78, 5) is 11.2. The summed E-state index contributed by atoms with van der Waals surface area (Å²) in [6.45, 7) is 3.46. The number of methoxy groups -OCH3 is 1. The van der Waals surface area contributed by atoms with E-state index in [0.717, 1.165) is 56.5 Å². The Labute approximate surface area is 114 Å². The van der Waals surface area contributed by atoms with E-state index in [2.05, 4.69) is 20.6 Å². The van der Waals surface area contributed by atoms with E-state index >= 15 is 0 Å². The smallest absolute Gasteiger partial charge is 0.227 e. The first-order chi connectivity index (χ1) is 9.22. The lowest BCUT2D eigenvalue weighted by molar-refractivity contribution is 0.197. The van der Waals surface area contributed by atoms with Gasteiger partial charge in [0.05, 0.1) is 5.69 Å². The zero-order chi connectivity index (χ0) is 13.7. The van der Waals surface area contributed by atoms with Gasteiger partial charge in [-0.1, -0.05) is 0 Å². The number of fused-ring (bicyclic) bond motifs is 1. The highest BCUT2D eigenvalue weighted by Gasteiger charge is 2.17. The van der Waals surface area contributed by atoms with Crippen LogP contribution in [0.3, 0.4) is 0 Å². The molecule has 0 atom stereocenters. The summed E-state index contributed by atoms with van der Waals surface area (Å²) < 4.78 is 5.06. The zero-order valence-electron chi connectivity index (χ0n) is 12.0. The van der Waals surface area contributed by atoms with Gasteiger partial charge < -0.3 is 20.3 Å². The van der Waals surface area contributed by atoms with Gasteiger partial charge in [0.1, 0.15) is 5.82 Å². The molecule has 1 aromatic rings. The van der Waals surface area contributed by atoms with Crippen molar-refractivity contribution in [3.05, 3.63) is 11.3 Å². The van der Waals surface area contributed by atoms with Crippen molar-refractivity contribution in [2.75, 3.05) is 51.1 Å². The highest BCUT2D eigenvalue weighted by Crippen LogP contribution is 2.22. The van der Waals surface area contributed by atoms with Gasteiger partial charge in [0.2, 0.25) is 5.95 Å². The SMILES string of the molecule is COCCCNc1nc(N(C)C)nc2c1CNCC2. The predicted octanol–water partition coefficient (Wildman–Crippen LogP) is 0.637. The summed E-state index contributed by atoms with van der Waals surface area (Å²) in [5.74, 6) is 1.73. The number of anilines is 2. The van der Waals surface area contributed by atoms with Gasteiger partial charge in [0.15, 0.2) is 0 Å². The second kappa shape index (κ2) is 6.68. The monoisotopic (exact) mass is 265 g/mol. The third-order valence-corrected chi connectivity index (χ3v) is 3.14. The van der Waals surface area contributed by atoms with E-state index in [1.807, 2.05) is 19.0 Å². The van der Waals surface area contributed by atoms with Crippen molar-refractivity contribution in [3.8, 4) is 0 Å². The predicted molar refractivity (Wildman–Crippen MR) is 76.8 cm³/mol. The lowest BCUT2D eigenvalue weighted by atomic mass is 10.1. The number of aromatic nitrogens is 2. The number of rotatable bonds is 6. The maximum absolute atomic E-state index is 5.06. The molecule has 0 amide bonds. The van der Waals surface area contributed by atoms with Crippen molar-refractivity contribution in [1.29, 1.82) is 0 Å². The number of nitrogens with one attached hydrogen (secondary N) is 2. The second-order valence-electron chi connectivity index (χ2n) is 4.89. The van der Waals surface area contributed by atoms with Gasteiger partial charge in [0, 0.05) is 59.4 Å². The average molecular weight is 265 g/mol. The molecule has 2 heterocycles. The molecule has 106 valence electrons. The molecule has 6 nitrogen and oxygen atoms in total. The van der Waals surface area contributed by atoms with Crippen molar-refractivity contribution < 1.29 is 4.74 Å². The van der Waals surface area contributed by atoms with Crippen LogP contribution in [0, 0.1) is 0 Å². The molecule has 0 radical (unpaired) electrons. The molecule has 2 rings (SSSR count). The molecule has 0 aliphatic carbocycles. The van der Waals surface area contributed by atoms with E-state index in [0.29, 0.717) is 0 Å². The number of hydrogen-bond donors (Lipinski definition) is 2. The molecule has 0 saturated carbocycles.